The van der Waals surface area contributed by atoms with Gasteiger partial charge in [0.15, 0.2) is 0 Å². The van der Waals surface area contributed by atoms with Crippen molar-refractivity contribution in [2.75, 3.05) is 13.6 Å². The Morgan fingerprint density at radius 1 is 1.33 bits per heavy atom. The fourth-order valence-electron chi connectivity index (χ4n) is 1.98. The minimum atomic E-state index is 1.12. The van der Waals surface area contributed by atoms with Crippen molar-refractivity contribution < 1.29 is 0 Å². The Hall–Kier alpha value is -0.760. The van der Waals surface area contributed by atoms with Crippen molar-refractivity contribution in [1.82, 2.24) is 9.47 Å². The summed E-state index contributed by atoms with van der Waals surface area (Å²) >= 11 is 0. The molecule has 0 amide bonds. The van der Waals surface area contributed by atoms with Crippen LogP contribution in [-0.2, 0) is 20.0 Å². The maximum absolute atomic E-state index is 2.39. The van der Waals surface area contributed by atoms with Crippen LogP contribution in [0.25, 0.3) is 0 Å². The number of hydrogen-bond donors (Lipinski definition) is 0. The van der Waals surface area contributed by atoms with Crippen molar-refractivity contribution in [3.05, 3.63) is 23.5 Å². The van der Waals surface area contributed by atoms with Crippen LogP contribution < -0.4 is 0 Å². The molecule has 0 atom stereocenters. The lowest BCUT2D eigenvalue weighted by Crippen LogP contribution is -2.16. The lowest BCUT2D eigenvalue weighted by atomic mass is 10.2. The van der Waals surface area contributed by atoms with E-state index in [2.05, 4.69) is 35.8 Å². The third kappa shape index (κ3) is 1.27. The Bertz CT molecular complexity index is 275. The van der Waals surface area contributed by atoms with Crippen LogP contribution in [0, 0.1) is 0 Å². The van der Waals surface area contributed by atoms with E-state index in [1.165, 1.54) is 30.6 Å². The van der Waals surface area contributed by atoms with E-state index in [1.54, 1.807) is 0 Å². The van der Waals surface area contributed by atoms with Crippen LogP contribution in [0.5, 0.6) is 0 Å². The second-order valence-corrected chi connectivity index (χ2v) is 3.74. The fourth-order valence-corrected chi connectivity index (χ4v) is 1.98. The van der Waals surface area contributed by atoms with Crippen molar-refractivity contribution in [2.45, 2.75) is 19.4 Å². The molecule has 66 valence electrons. The zero-order chi connectivity index (χ0) is 8.55. The molecule has 0 N–H and O–H groups in total. The summed E-state index contributed by atoms with van der Waals surface area (Å²) in [6.07, 6.45) is 4.70. The highest BCUT2D eigenvalue weighted by Gasteiger charge is 2.12. The lowest BCUT2D eigenvalue weighted by molar-refractivity contribution is 0.332. The van der Waals surface area contributed by atoms with Gasteiger partial charge in [0.25, 0.3) is 0 Å². The molecule has 0 saturated heterocycles. The number of fused-ring (bicyclic) bond motifs is 1. The van der Waals surface area contributed by atoms with Gasteiger partial charge in [-0.2, -0.15) is 0 Å². The molecular formula is C10H16N2. The molecule has 0 bridgehead atoms. The van der Waals surface area contributed by atoms with Crippen molar-refractivity contribution in [2.24, 2.45) is 7.05 Å². The molecule has 1 aliphatic heterocycles. The molecular weight excluding hydrogens is 148 g/mol. The third-order valence-corrected chi connectivity index (χ3v) is 2.69. The quantitative estimate of drug-likeness (QED) is 0.562. The van der Waals surface area contributed by atoms with E-state index in [-0.39, 0.29) is 0 Å². The van der Waals surface area contributed by atoms with Crippen molar-refractivity contribution in [3.63, 3.8) is 0 Å². The molecule has 0 fully saturated rings. The van der Waals surface area contributed by atoms with E-state index in [1.807, 2.05) is 0 Å². The summed E-state index contributed by atoms with van der Waals surface area (Å²) in [6.45, 7) is 2.35. The fraction of sp³-hybridized carbons (Fsp3) is 0.600. The minimum Gasteiger partial charge on any atom is -0.354 e. The van der Waals surface area contributed by atoms with Gasteiger partial charge in [0.2, 0.25) is 0 Å². The Balaban J connectivity index is 2.32. The van der Waals surface area contributed by atoms with E-state index in [9.17, 15) is 0 Å². The first kappa shape index (κ1) is 7.87. The number of nitrogens with zero attached hydrogens (tertiary/aromatic N) is 2. The molecule has 0 aromatic carbocycles. The number of hydrogen-bond acceptors (Lipinski definition) is 1. The number of aromatic nitrogens is 1. The van der Waals surface area contributed by atoms with Gasteiger partial charge in [-0.15, -0.1) is 0 Å². The predicted octanol–water partition coefficient (Wildman–Crippen LogP) is 1.40. The van der Waals surface area contributed by atoms with Gasteiger partial charge in [-0.1, -0.05) is 0 Å². The molecule has 2 heterocycles. The largest absolute Gasteiger partial charge is 0.354 e. The molecule has 2 rings (SSSR count). The summed E-state index contributed by atoms with van der Waals surface area (Å²) in [5.74, 6) is 0. The van der Waals surface area contributed by atoms with Gasteiger partial charge in [-0.05, 0) is 38.1 Å². The van der Waals surface area contributed by atoms with Crippen LogP contribution in [-0.4, -0.2) is 23.1 Å². The smallest absolute Gasteiger partial charge is 0.0248 e. The third-order valence-electron chi connectivity index (χ3n) is 2.69. The average Bonchev–Trinajstić information content (AvgIpc) is 2.31. The Morgan fingerprint density at radius 3 is 3.00 bits per heavy atom. The standard InChI is InChI=1S/C10H16N2/c1-11-6-3-4-10-9(8-11)5-7-12(10)2/h5,7H,3-4,6,8H2,1-2H3. The van der Waals surface area contributed by atoms with Crippen LogP contribution in [0.2, 0.25) is 0 Å². The Kier molecular flexibility index (Phi) is 1.93. The van der Waals surface area contributed by atoms with Crippen LogP contribution in [0.1, 0.15) is 17.7 Å². The van der Waals surface area contributed by atoms with Gasteiger partial charge in [0.1, 0.15) is 0 Å². The summed E-state index contributed by atoms with van der Waals surface area (Å²) in [6, 6.07) is 2.25. The van der Waals surface area contributed by atoms with Gasteiger partial charge >= 0.3 is 0 Å². The zero-order valence-corrected chi connectivity index (χ0v) is 7.88. The minimum absolute atomic E-state index is 1.12. The molecule has 1 aliphatic rings. The highest BCUT2D eigenvalue weighted by atomic mass is 15.1. The van der Waals surface area contributed by atoms with Gasteiger partial charge in [-0.3, -0.25) is 0 Å². The average molecular weight is 164 g/mol. The number of rotatable bonds is 0. The van der Waals surface area contributed by atoms with E-state index in [4.69, 9.17) is 0 Å². The van der Waals surface area contributed by atoms with E-state index < -0.39 is 0 Å². The van der Waals surface area contributed by atoms with Gasteiger partial charge in [-0.25, -0.2) is 0 Å². The second kappa shape index (κ2) is 2.94. The summed E-state index contributed by atoms with van der Waals surface area (Å²) in [7, 11) is 4.34. The lowest BCUT2D eigenvalue weighted by Gasteiger charge is -2.11. The van der Waals surface area contributed by atoms with E-state index in [0.29, 0.717) is 0 Å². The molecule has 0 unspecified atom stereocenters. The van der Waals surface area contributed by atoms with Crippen molar-refractivity contribution >= 4 is 0 Å². The molecule has 0 spiro atoms. The second-order valence-electron chi connectivity index (χ2n) is 3.74. The topological polar surface area (TPSA) is 8.17 Å². The summed E-state index contributed by atoms with van der Waals surface area (Å²) in [5.41, 5.74) is 3.04. The molecule has 2 heteroatoms. The van der Waals surface area contributed by atoms with Crippen LogP contribution in [0.4, 0.5) is 0 Å². The maximum Gasteiger partial charge on any atom is 0.0248 e. The first-order valence-electron chi connectivity index (χ1n) is 4.59. The molecule has 0 radical (unpaired) electrons. The highest BCUT2D eigenvalue weighted by molar-refractivity contribution is 5.23. The van der Waals surface area contributed by atoms with E-state index in [0.717, 1.165) is 6.54 Å². The first-order valence-corrected chi connectivity index (χ1v) is 4.59. The van der Waals surface area contributed by atoms with Crippen molar-refractivity contribution in [1.29, 1.82) is 0 Å². The molecule has 1 aromatic rings. The summed E-state index contributed by atoms with van der Waals surface area (Å²) in [4.78, 5) is 2.39. The zero-order valence-electron chi connectivity index (χ0n) is 7.88. The Labute approximate surface area is 73.8 Å². The summed E-state index contributed by atoms with van der Waals surface area (Å²) < 4.78 is 2.26. The maximum atomic E-state index is 2.39. The first-order chi connectivity index (χ1) is 5.77. The Morgan fingerprint density at radius 2 is 2.17 bits per heavy atom. The molecule has 12 heavy (non-hydrogen) atoms. The highest BCUT2D eigenvalue weighted by Crippen LogP contribution is 2.17. The monoisotopic (exact) mass is 164 g/mol. The van der Waals surface area contributed by atoms with Crippen molar-refractivity contribution in [3.8, 4) is 0 Å². The summed E-state index contributed by atoms with van der Waals surface area (Å²) in [5, 5.41) is 0. The molecule has 1 aromatic heterocycles. The molecule has 0 saturated carbocycles. The number of aryl methyl sites for hydroxylation is 1. The normalized spacial score (nSPS) is 18.8. The van der Waals surface area contributed by atoms with Gasteiger partial charge in [0.05, 0.1) is 0 Å². The van der Waals surface area contributed by atoms with Crippen LogP contribution in [0.15, 0.2) is 12.3 Å². The SMILES string of the molecule is CN1CCCc2c(ccn2C)C1. The predicted molar refractivity (Wildman–Crippen MR) is 50.1 cm³/mol. The van der Waals surface area contributed by atoms with Crippen LogP contribution >= 0.6 is 0 Å². The van der Waals surface area contributed by atoms with E-state index >= 15 is 0 Å². The van der Waals surface area contributed by atoms with Gasteiger partial charge in [0, 0.05) is 25.5 Å². The molecule has 0 aliphatic carbocycles. The van der Waals surface area contributed by atoms with Gasteiger partial charge < -0.3 is 9.47 Å². The molecule has 2 nitrogen and oxygen atoms in total. The van der Waals surface area contributed by atoms with Crippen LogP contribution in [0.3, 0.4) is 0 Å².